The number of pyridine rings is 1. The maximum atomic E-state index is 12.9. The predicted molar refractivity (Wildman–Crippen MR) is 107 cm³/mol. The van der Waals surface area contributed by atoms with E-state index in [4.69, 9.17) is 9.57 Å². The second kappa shape index (κ2) is 8.02. The predicted octanol–water partition coefficient (Wildman–Crippen LogP) is 2.94. The number of amides is 2. The Morgan fingerprint density at radius 1 is 1.10 bits per heavy atom. The van der Waals surface area contributed by atoms with Crippen LogP contribution in [0.3, 0.4) is 0 Å². The van der Waals surface area contributed by atoms with Crippen molar-refractivity contribution >= 4 is 17.5 Å². The number of hydrogen-bond donors (Lipinski definition) is 1. The Bertz CT molecular complexity index is 1020. The van der Waals surface area contributed by atoms with E-state index in [9.17, 15) is 9.59 Å². The highest BCUT2D eigenvalue weighted by Gasteiger charge is 2.30. The number of ether oxygens (including phenoxy) is 1. The lowest BCUT2D eigenvalue weighted by Crippen LogP contribution is -2.32. The maximum Gasteiger partial charge on any atom is 0.284 e. The first-order chi connectivity index (χ1) is 14.1. The molecule has 0 saturated carbocycles. The molecule has 0 spiro atoms. The second-order valence-electron chi connectivity index (χ2n) is 6.57. The van der Waals surface area contributed by atoms with Gasteiger partial charge in [0.1, 0.15) is 12.4 Å². The van der Waals surface area contributed by atoms with E-state index in [1.807, 2.05) is 24.3 Å². The fraction of sp³-hybridized carbons (Fsp3) is 0.136. The summed E-state index contributed by atoms with van der Waals surface area (Å²) in [4.78, 5) is 35.8. The zero-order valence-corrected chi connectivity index (χ0v) is 15.7. The summed E-state index contributed by atoms with van der Waals surface area (Å²) in [5, 5.41) is 0. The molecule has 0 bridgehead atoms. The van der Waals surface area contributed by atoms with Gasteiger partial charge >= 0.3 is 0 Å². The number of carbonyl (C=O) groups is 2. The number of benzene rings is 2. The highest BCUT2D eigenvalue weighted by molar-refractivity contribution is 5.99. The normalized spacial score (nSPS) is 15.7. The van der Waals surface area contributed by atoms with Crippen molar-refractivity contribution in [1.82, 2.24) is 10.5 Å². The number of hydroxylamine groups is 1. The number of likely N-dealkylation sites (N-methyl/N-ethyl adjacent to an activating group) is 1. The Morgan fingerprint density at radius 2 is 1.83 bits per heavy atom. The smallest absolute Gasteiger partial charge is 0.284 e. The lowest BCUT2D eigenvalue weighted by Gasteiger charge is -2.20. The summed E-state index contributed by atoms with van der Waals surface area (Å²) in [6.07, 6.45) is 3.07. The van der Waals surface area contributed by atoms with Gasteiger partial charge in [-0.3, -0.25) is 14.6 Å². The summed E-state index contributed by atoms with van der Waals surface area (Å²) in [6, 6.07) is 17.6. The molecule has 146 valence electrons. The number of para-hydroxylation sites is 2. The van der Waals surface area contributed by atoms with Gasteiger partial charge in [0, 0.05) is 25.0 Å². The minimum Gasteiger partial charge on any atom is -0.490 e. The first-order valence-electron chi connectivity index (χ1n) is 9.10. The van der Waals surface area contributed by atoms with Crippen LogP contribution in [0.15, 0.2) is 73.1 Å². The number of nitrogens with one attached hydrogen (secondary N) is 1. The van der Waals surface area contributed by atoms with Crippen molar-refractivity contribution in [2.24, 2.45) is 0 Å². The van der Waals surface area contributed by atoms with Gasteiger partial charge in [-0.25, -0.2) is 0 Å². The van der Waals surface area contributed by atoms with E-state index in [2.05, 4.69) is 10.5 Å². The Hall–Kier alpha value is -3.87. The van der Waals surface area contributed by atoms with Gasteiger partial charge < -0.3 is 14.5 Å². The summed E-state index contributed by atoms with van der Waals surface area (Å²) < 4.78 is 5.86. The van der Waals surface area contributed by atoms with Crippen LogP contribution in [0.5, 0.6) is 11.5 Å². The molecule has 1 aliphatic heterocycles. The second-order valence-corrected chi connectivity index (χ2v) is 6.57. The van der Waals surface area contributed by atoms with E-state index in [1.54, 1.807) is 48.3 Å². The van der Waals surface area contributed by atoms with Gasteiger partial charge in [0.05, 0.1) is 11.6 Å². The van der Waals surface area contributed by atoms with Crippen LogP contribution in [-0.2, 0) is 4.79 Å². The van der Waals surface area contributed by atoms with Crippen LogP contribution in [0, 0.1) is 0 Å². The molecular weight excluding hydrogens is 370 g/mol. The molecule has 0 radical (unpaired) electrons. The molecule has 2 amide bonds. The van der Waals surface area contributed by atoms with Crippen molar-refractivity contribution in [2.45, 2.75) is 5.92 Å². The van der Waals surface area contributed by atoms with Crippen molar-refractivity contribution in [2.75, 3.05) is 18.6 Å². The number of fused-ring (bicyclic) bond motifs is 1. The highest BCUT2D eigenvalue weighted by atomic mass is 16.7. The number of hydrogen-bond acceptors (Lipinski definition) is 5. The fourth-order valence-electron chi connectivity index (χ4n) is 3.13. The molecule has 1 aliphatic rings. The molecular formula is C22H19N3O4. The Labute approximate surface area is 167 Å². The third-order valence-electron chi connectivity index (χ3n) is 4.75. The van der Waals surface area contributed by atoms with Gasteiger partial charge in [-0.15, -0.1) is 0 Å². The first kappa shape index (κ1) is 18.5. The lowest BCUT2D eigenvalue weighted by molar-refractivity contribution is -0.120. The molecule has 1 atom stereocenters. The molecule has 2 heterocycles. The summed E-state index contributed by atoms with van der Waals surface area (Å²) in [5.41, 5.74) is 4.39. The van der Waals surface area contributed by atoms with Crippen LogP contribution in [0.4, 0.5) is 5.69 Å². The summed E-state index contributed by atoms with van der Waals surface area (Å²) in [5.74, 6) is 0.282. The van der Waals surface area contributed by atoms with Crippen LogP contribution in [0.1, 0.15) is 21.8 Å². The van der Waals surface area contributed by atoms with Crippen LogP contribution in [0.2, 0.25) is 0 Å². The highest BCUT2D eigenvalue weighted by Crippen LogP contribution is 2.34. The third-order valence-corrected chi connectivity index (χ3v) is 4.75. The fourth-order valence-corrected chi connectivity index (χ4v) is 3.13. The molecule has 0 saturated heterocycles. The maximum absolute atomic E-state index is 12.9. The van der Waals surface area contributed by atoms with Gasteiger partial charge in [0.25, 0.3) is 5.91 Å². The van der Waals surface area contributed by atoms with E-state index < -0.39 is 5.92 Å². The number of carbonyl (C=O) groups excluding carboxylic acids is 2. The van der Waals surface area contributed by atoms with E-state index in [0.717, 1.165) is 11.3 Å². The molecule has 0 aliphatic carbocycles. The van der Waals surface area contributed by atoms with Crippen LogP contribution in [-0.4, -0.2) is 30.5 Å². The van der Waals surface area contributed by atoms with Gasteiger partial charge in [-0.2, -0.15) is 5.48 Å². The molecule has 29 heavy (non-hydrogen) atoms. The minimum atomic E-state index is -0.437. The van der Waals surface area contributed by atoms with Crippen molar-refractivity contribution < 1.29 is 19.2 Å². The SMILES string of the molecule is CN1C(=O)[C@@H](c2ccc(ONC(=O)c3ccncc3)cc2)COc2ccccc21. The average molecular weight is 389 g/mol. The Kier molecular flexibility index (Phi) is 5.11. The van der Waals surface area contributed by atoms with Crippen molar-refractivity contribution in [3.8, 4) is 11.5 Å². The number of nitrogens with zero attached hydrogens (tertiary/aromatic N) is 2. The molecule has 7 nitrogen and oxygen atoms in total. The summed E-state index contributed by atoms with van der Waals surface area (Å²) in [6.45, 7) is 0.249. The van der Waals surface area contributed by atoms with Crippen LogP contribution in [0.25, 0.3) is 0 Å². The van der Waals surface area contributed by atoms with Gasteiger partial charge in [-0.05, 0) is 42.0 Å². The van der Waals surface area contributed by atoms with Gasteiger partial charge in [-0.1, -0.05) is 24.3 Å². The van der Waals surface area contributed by atoms with Crippen molar-refractivity contribution in [1.29, 1.82) is 0 Å². The monoisotopic (exact) mass is 389 g/mol. The van der Waals surface area contributed by atoms with E-state index in [-0.39, 0.29) is 18.4 Å². The van der Waals surface area contributed by atoms with Crippen molar-refractivity contribution in [3.63, 3.8) is 0 Å². The molecule has 0 fully saturated rings. The largest absolute Gasteiger partial charge is 0.490 e. The molecule has 1 N–H and O–H groups in total. The molecule has 1 aromatic heterocycles. The third kappa shape index (κ3) is 3.89. The number of rotatable bonds is 4. The standard InChI is InChI=1S/C22H19N3O4/c1-25-19-4-2-3-5-20(19)28-14-18(22(25)27)15-6-8-17(9-7-15)29-24-21(26)16-10-12-23-13-11-16/h2-13,18H,14H2,1H3,(H,24,26)/t18-/m1/s1. The molecule has 3 aromatic rings. The van der Waals surface area contributed by atoms with E-state index in [1.165, 1.54) is 12.4 Å². The van der Waals surface area contributed by atoms with E-state index in [0.29, 0.717) is 17.1 Å². The summed E-state index contributed by atoms with van der Waals surface area (Å²) >= 11 is 0. The first-order valence-corrected chi connectivity index (χ1v) is 9.10. The Balaban J connectivity index is 1.44. The molecule has 7 heteroatoms. The quantitative estimate of drug-likeness (QED) is 0.694. The topological polar surface area (TPSA) is 80.8 Å². The lowest BCUT2D eigenvalue weighted by atomic mass is 9.98. The Morgan fingerprint density at radius 3 is 2.59 bits per heavy atom. The number of aromatic nitrogens is 1. The number of anilines is 1. The van der Waals surface area contributed by atoms with Crippen LogP contribution < -0.4 is 20.0 Å². The molecule has 4 rings (SSSR count). The van der Waals surface area contributed by atoms with E-state index >= 15 is 0 Å². The van der Waals surface area contributed by atoms with Gasteiger partial charge in [0.2, 0.25) is 5.91 Å². The molecule has 2 aromatic carbocycles. The summed E-state index contributed by atoms with van der Waals surface area (Å²) in [7, 11) is 1.75. The van der Waals surface area contributed by atoms with Gasteiger partial charge in [0.15, 0.2) is 5.75 Å². The zero-order chi connectivity index (χ0) is 20.2. The minimum absolute atomic E-state index is 0.0467. The molecule has 0 unspecified atom stereocenters. The zero-order valence-electron chi connectivity index (χ0n) is 15.7. The van der Waals surface area contributed by atoms with Crippen molar-refractivity contribution in [3.05, 3.63) is 84.2 Å². The average Bonchev–Trinajstić information content (AvgIpc) is 2.90. The van der Waals surface area contributed by atoms with Crippen LogP contribution >= 0.6 is 0 Å².